The van der Waals surface area contributed by atoms with Crippen LogP contribution in [0.3, 0.4) is 0 Å². The average Bonchev–Trinajstić information content (AvgIpc) is 2.88. The van der Waals surface area contributed by atoms with E-state index in [1.165, 1.54) is 19.3 Å². The fraction of sp³-hybridized carbons (Fsp3) is 0.786. The van der Waals surface area contributed by atoms with Gasteiger partial charge >= 0.3 is 0 Å². The lowest BCUT2D eigenvalue weighted by atomic mass is 10.2. The summed E-state index contributed by atoms with van der Waals surface area (Å²) in [5.74, 6) is 0.253. The topological polar surface area (TPSA) is 35.6 Å². The van der Waals surface area contributed by atoms with Gasteiger partial charge in [-0.15, -0.1) is 0 Å². The summed E-state index contributed by atoms with van der Waals surface area (Å²) in [6, 6.07) is 0. The second-order valence-electron chi connectivity index (χ2n) is 5.37. The fourth-order valence-corrected chi connectivity index (χ4v) is 2.58. The van der Waals surface area contributed by atoms with Crippen molar-refractivity contribution >= 4 is 5.91 Å². The molecule has 1 N–H and O–H groups in total. The number of nitrogens with zero attached hydrogens (tertiary/aromatic N) is 2. The molecule has 0 radical (unpaired) electrons. The highest BCUT2D eigenvalue weighted by atomic mass is 16.2. The normalized spacial score (nSPS) is 21.2. The van der Waals surface area contributed by atoms with Crippen molar-refractivity contribution in [2.24, 2.45) is 0 Å². The second-order valence-corrected chi connectivity index (χ2v) is 5.37. The van der Waals surface area contributed by atoms with E-state index < -0.39 is 0 Å². The highest BCUT2D eigenvalue weighted by Crippen LogP contribution is 2.19. The number of carbonyl (C=O) groups excluding carboxylic acids is 1. The number of allylic oxidation sites excluding steroid dienone is 1. The molecule has 0 atom stereocenters. The minimum absolute atomic E-state index is 0.253. The Morgan fingerprint density at radius 1 is 1.33 bits per heavy atom. The predicted octanol–water partition coefficient (Wildman–Crippen LogP) is 0.850. The first-order chi connectivity index (χ1) is 8.75. The van der Waals surface area contributed by atoms with Crippen LogP contribution in [0, 0.1) is 0 Å². The van der Waals surface area contributed by atoms with Crippen LogP contribution in [0.5, 0.6) is 0 Å². The lowest BCUT2D eigenvalue weighted by molar-refractivity contribution is -0.131. The lowest BCUT2D eigenvalue weighted by Crippen LogP contribution is -2.49. The highest BCUT2D eigenvalue weighted by Gasteiger charge is 2.18. The van der Waals surface area contributed by atoms with Gasteiger partial charge in [-0.05, 0) is 39.3 Å². The van der Waals surface area contributed by atoms with Crippen LogP contribution >= 0.6 is 0 Å². The van der Waals surface area contributed by atoms with Gasteiger partial charge in [0.1, 0.15) is 0 Å². The largest absolute Gasteiger partial charge is 0.339 e. The average molecular weight is 251 g/mol. The molecule has 0 saturated carbocycles. The van der Waals surface area contributed by atoms with Crippen LogP contribution in [0.15, 0.2) is 11.6 Å². The van der Waals surface area contributed by atoms with E-state index in [9.17, 15) is 4.79 Å². The standard InChI is InChI=1S/C14H25N3O/c1-16-8-10-17(11-9-16)14(18)12-15-7-6-13-4-2-3-5-13/h4,15H,2-3,5-12H2,1H3. The van der Waals surface area contributed by atoms with Gasteiger partial charge in [0.15, 0.2) is 0 Å². The molecule has 2 aliphatic rings. The van der Waals surface area contributed by atoms with E-state index in [1.54, 1.807) is 5.57 Å². The van der Waals surface area contributed by atoms with Crippen LogP contribution in [-0.2, 0) is 4.79 Å². The Hall–Kier alpha value is -0.870. The Balaban J connectivity index is 1.57. The minimum Gasteiger partial charge on any atom is -0.339 e. The summed E-state index contributed by atoms with van der Waals surface area (Å²) >= 11 is 0. The maximum absolute atomic E-state index is 11.9. The third-order valence-corrected chi connectivity index (χ3v) is 3.89. The summed E-state index contributed by atoms with van der Waals surface area (Å²) in [7, 11) is 2.11. The van der Waals surface area contributed by atoms with Crippen molar-refractivity contribution in [1.29, 1.82) is 0 Å². The first kappa shape index (κ1) is 13.6. The summed E-state index contributed by atoms with van der Waals surface area (Å²) in [4.78, 5) is 16.2. The number of amides is 1. The third kappa shape index (κ3) is 4.10. The predicted molar refractivity (Wildman–Crippen MR) is 73.5 cm³/mol. The van der Waals surface area contributed by atoms with Crippen LogP contribution in [0.2, 0.25) is 0 Å². The summed E-state index contributed by atoms with van der Waals surface area (Å²) in [6.45, 7) is 5.18. The molecule has 0 aromatic rings. The van der Waals surface area contributed by atoms with Crippen LogP contribution in [-0.4, -0.2) is 62.0 Å². The summed E-state index contributed by atoms with van der Waals surface area (Å²) in [6.07, 6.45) is 7.28. The Bertz CT molecular complexity index is 306. The Morgan fingerprint density at radius 3 is 2.78 bits per heavy atom. The van der Waals surface area contributed by atoms with Gasteiger partial charge in [-0.3, -0.25) is 4.79 Å². The SMILES string of the molecule is CN1CCN(C(=O)CNCCC2=CCCC2)CC1. The molecule has 2 rings (SSSR count). The zero-order chi connectivity index (χ0) is 12.8. The molecule has 1 fully saturated rings. The fourth-order valence-electron chi connectivity index (χ4n) is 2.58. The minimum atomic E-state index is 0.253. The molecular formula is C14H25N3O. The molecule has 1 aliphatic heterocycles. The van der Waals surface area contributed by atoms with Crippen molar-refractivity contribution in [3.05, 3.63) is 11.6 Å². The second kappa shape index (κ2) is 6.90. The van der Waals surface area contributed by atoms with E-state index in [0.717, 1.165) is 39.1 Å². The Labute approximate surface area is 110 Å². The smallest absolute Gasteiger partial charge is 0.236 e. The van der Waals surface area contributed by atoms with Crippen LogP contribution in [0.1, 0.15) is 25.7 Å². The molecule has 4 nitrogen and oxygen atoms in total. The van der Waals surface area contributed by atoms with Gasteiger partial charge in [0.05, 0.1) is 6.54 Å². The summed E-state index contributed by atoms with van der Waals surface area (Å²) in [5.41, 5.74) is 1.56. The van der Waals surface area contributed by atoms with Crippen molar-refractivity contribution in [1.82, 2.24) is 15.1 Å². The third-order valence-electron chi connectivity index (χ3n) is 3.89. The van der Waals surface area contributed by atoms with Gasteiger partial charge in [0.2, 0.25) is 5.91 Å². The summed E-state index contributed by atoms with van der Waals surface area (Å²) in [5, 5.41) is 3.27. The molecule has 4 heteroatoms. The highest BCUT2D eigenvalue weighted by molar-refractivity contribution is 5.78. The maximum atomic E-state index is 11.9. The zero-order valence-electron chi connectivity index (χ0n) is 11.5. The number of likely N-dealkylation sites (N-methyl/N-ethyl adjacent to an activating group) is 1. The Kier molecular flexibility index (Phi) is 5.20. The van der Waals surface area contributed by atoms with Crippen molar-refractivity contribution in [2.75, 3.05) is 46.3 Å². The van der Waals surface area contributed by atoms with Crippen LogP contribution < -0.4 is 5.32 Å². The molecule has 0 unspecified atom stereocenters. The van der Waals surface area contributed by atoms with E-state index in [4.69, 9.17) is 0 Å². The van der Waals surface area contributed by atoms with E-state index in [0.29, 0.717) is 6.54 Å². The number of nitrogens with one attached hydrogen (secondary N) is 1. The summed E-state index contributed by atoms with van der Waals surface area (Å²) < 4.78 is 0. The van der Waals surface area contributed by atoms with Crippen molar-refractivity contribution in [3.63, 3.8) is 0 Å². The van der Waals surface area contributed by atoms with Gasteiger partial charge in [-0.1, -0.05) is 11.6 Å². The molecule has 1 aliphatic carbocycles. The number of rotatable bonds is 5. The molecule has 1 amide bonds. The molecule has 102 valence electrons. The Morgan fingerprint density at radius 2 is 2.11 bits per heavy atom. The van der Waals surface area contributed by atoms with Gasteiger partial charge < -0.3 is 15.1 Å². The van der Waals surface area contributed by atoms with E-state index in [1.807, 2.05) is 4.90 Å². The number of carbonyl (C=O) groups is 1. The van der Waals surface area contributed by atoms with Crippen molar-refractivity contribution < 1.29 is 4.79 Å². The van der Waals surface area contributed by atoms with Gasteiger partial charge in [0, 0.05) is 26.2 Å². The monoisotopic (exact) mass is 251 g/mol. The van der Waals surface area contributed by atoms with Crippen molar-refractivity contribution in [3.8, 4) is 0 Å². The quantitative estimate of drug-likeness (QED) is 0.581. The number of hydrogen-bond donors (Lipinski definition) is 1. The molecule has 0 bridgehead atoms. The molecule has 0 spiro atoms. The van der Waals surface area contributed by atoms with E-state index in [-0.39, 0.29) is 5.91 Å². The first-order valence-corrected chi connectivity index (χ1v) is 7.10. The van der Waals surface area contributed by atoms with Crippen LogP contribution in [0.4, 0.5) is 0 Å². The molecule has 1 saturated heterocycles. The molecule has 18 heavy (non-hydrogen) atoms. The first-order valence-electron chi connectivity index (χ1n) is 7.10. The number of hydrogen-bond acceptors (Lipinski definition) is 3. The molecular weight excluding hydrogens is 226 g/mol. The van der Waals surface area contributed by atoms with Gasteiger partial charge in [-0.25, -0.2) is 0 Å². The molecule has 0 aromatic heterocycles. The maximum Gasteiger partial charge on any atom is 0.236 e. The number of piperazine rings is 1. The molecule has 1 heterocycles. The van der Waals surface area contributed by atoms with Crippen molar-refractivity contribution in [2.45, 2.75) is 25.7 Å². The van der Waals surface area contributed by atoms with Gasteiger partial charge in [-0.2, -0.15) is 0 Å². The van der Waals surface area contributed by atoms with Crippen LogP contribution in [0.25, 0.3) is 0 Å². The van der Waals surface area contributed by atoms with E-state index >= 15 is 0 Å². The van der Waals surface area contributed by atoms with Gasteiger partial charge in [0.25, 0.3) is 0 Å². The zero-order valence-corrected chi connectivity index (χ0v) is 11.5. The molecule has 0 aromatic carbocycles. The van der Waals surface area contributed by atoms with E-state index in [2.05, 4.69) is 23.3 Å². The lowest BCUT2D eigenvalue weighted by Gasteiger charge is -2.32.